The van der Waals surface area contributed by atoms with Gasteiger partial charge in [-0.25, -0.2) is 0 Å². The minimum atomic E-state index is -1.46. The maximum atomic E-state index is 11.1. The van der Waals surface area contributed by atoms with Crippen LogP contribution in [0.3, 0.4) is 0 Å². The highest BCUT2D eigenvalue weighted by atomic mass is 16.6. The van der Waals surface area contributed by atoms with E-state index < -0.39 is 43.6 Å². The van der Waals surface area contributed by atoms with E-state index >= 15 is 0 Å². The largest absolute Gasteiger partial charge is 0.863 e. The maximum absolute atomic E-state index is 11.1. The van der Waals surface area contributed by atoms with Crippen LogP contribution in [0, 0.1) is 36.3 Å². The van der Waals surface area contributed by atoms with Crippen LogP contribution in [0.2, 0.25) is 0 Å². The number of carbonyl (C=O) groups excluding carboxylic acids is 1. The number of nitrogens with zero attached hydrogens (tertiary/aromatic N) is 3. The molecule has 0 spiro atoms. The molecule has 2 aromatic rings. The summed E-state index contributed by atoms with van der Waals surface area (Å²) in [4.78, 5) is 37.8. The summed E-state index contributed by atoms with van der Waals surface area (Å²) in [5, 5.41) is 52.4. The number of hydrogen-bond donors (Lipinski definition) is 0. The topological polar surface area (TPSA) is 193 Å². The zero-order chi connectivity index (χ0) is 23.0. The number of carboxylic acid groups (broad SMARTS) is 1. The molecule has 0 aliphatic rings. The normalized spacial score (nSPS) is 10.1. The van der Waals surface area contributed by atoms with Crippen LogP contribution in [0.25, 0.3) is 0 Å². The van der Waals surface area contributed by atoms with Crippen molar-refractivity contribution in [2.75, 3.05) is 0 Å². The Balaban J connectivity index is 0.000000303. The van der Waals surface area contributed by atoms with Crippen LogP contribution in [0.15, 0.2) is 36.4 Å². The number of carboxylic acids is 1. The van der Waals surface area contributed by atoms with Crippen LogP contribution < -0.4 is 10.2 Å². The molecule has 12 nitrogen and oxygen atoms in total. The summed E-state index contributed by atoms with van der Waals surface area (Å²) in [5.74, 6) is -1.86. The number of rotatable bonds is 7. The van der Waals surface area contributed by atoms with E-state index in [1.807, 2.05) is 24.3 Å². The van der Waals surface area contributed by atoms with Gasteiger partial charge < -0.3 is 15.0 Å². The third kappa shape index (κ3) is 7.14. The van der Waals surface area contributed by atoms with Gasteiger partial charge in [0.05, 0.1) is 32.7 Å². The van der Waals surface area contributed by atoms with Crippen molar-refractivity contribution in [1.82, 2.24) is 0 Å². The molecule has 160 valence electrons. The predicted octanol–water partition coefficient (Wildman–Crippen LogP) is 1.66. The average molecular weight is 419 g/mol. The summed E-state index contributed by atoms with van der Waals surface area (Å²) in [6.07, 6.45) is 1.04. The van der Waals surface area contributed by atoms with Crippen molar-refractivity contribution in [3.05, 3.63) is 77.9 Å². The fourth-order valence-corrected chi connectivity index (χ4v) is 2.39. The average Bonchev–Trinajstić information content (AvgIpc) is 2.62. The smallest absolute Gasteiger partial charge is 0.283 e. The van der Waals surface area contributed by atoms with E-state index in [2.05, 4.69) is 13.8 Å². The minimum Gasteiger partial charge on any atom is -0.863 e. The Bertz CT molecular complexity index is 921. The lowest BCUT2D eigenvalue weighted by Crippen LogP contribution is -2.24. The second-order valence-electron chi connectivity index (χ2n) is 6.55. The lowest BCUT2D eigenvalue weighted by atomic mass is 10.0. The summed E-state index contributed by atoms with van der Waals surface area (Å²) < 4.78 is 0. The molecule has 0 radical (unpaired) electrons. The van der Waals surface area contributed by atoms with Crippen LogP contribution in [-0.2, 0) is 17.6 Å². The Morgan fingerprint density at radius 3 is 1.63 bits per heavy atom. The van der Waals surface area contributed by atoms with Gasteiger partial charge in [0, 0.05) is 12.4 Å². The molecule has 30 heavy (non-hydrogen) atoms. The highest BCUT2D eigenvalue weighted by Gasteiger charge is 2.24. The minimum absolute atomic E-state index is 0.00194. The molecule has 2 rings (SSSR count). The zero-order valence-corrected chi connectivity index (χ0v) is 16.0. The fourth-order valence-electron chi connectivity index (χ4n) is 2.39. The van der Waals surface area contributed by atoms with Gasteiger partial charge in [0.25, 0.3) is 17.1 Å². The summed E-state index contributed by atoms with van der Waals surface area (Å²) in [6, 6.07) is 8.45. The van der Waals surface area contributed by atoms with Gasteiger partial charge in [-0.1, -0.05) is 38.1 Å². The summed E-state index contributed by atoms with van der Waals surface area (Å²) in [5.41, 5.74) is -1.21. The molecule has 2 aromatic carbocycles. The lowest BCUT2D eigenvalue weighted by Gasteiger charge is -2.06. The standard InChI is InChI=1S/C12H16O2.C6H3N3O7/c1-9(2)7-10-3-5-11(6-4-10)8-12(13)14;10-6-4(8(13)14)1-3(7(11)12)2-5(6)9(15)16/h3-6,9H,7-8H2,1-2H3,(H,13,14);1-2,10H/p-2. The van der Waals surface area contributed by atoms with Crippen LogP contribution in [0.1, 0.15) is 25.0 Å². The highest BCUT2D eigenvalue weighted by Crippen LogP contribution is 2.36. The van der Waals surface area contributed by atoms with Gasteiger partial charge in [0.1, 0.15) is 0 Å². The number of non-ortho nitro benzene ring substituents is 1. The van der Waals surface area contributed by atoms with Crippen molar-refractivity contribution >= 4 is 23.0 Å². The highest BCUT2D eigenvalue weighted by molar-refractivity contribution is 5.67. The molecular weight excluding hydrogens is 402 g/mol. The molecule has 0 saturated carbocycles. The molecule has 0 atom stereocenters. The van der Waals surface area contributed by atoms with E-state index in [0.717, 1.165) is 12.0 Å². The molecule has 0 N–H and O–H groups in total. The van der Waals surface area contributed by atoms with E-state index in [0.29, 0.717) is 18.1 Å². The van der Waals surface area contributed by atoms with Gasteiger partial charge in [-0.3, -0.25) is 30.3 Å². The number of benzene rings is 2. The Morgan fingerprint density at radius 2 is 1.30 bits per heavy atom. The molecular formula is C18H17N3O9-2. The van der Waals surface area contributed by atoms with Crippen molar-refractivity contribution < 1.29 is 29.8 Å². The summed E-state index contributed by atoms with van der Waals surface area (Å²) >= 11 is 0. The first kappa shape index (κ1) is 23.9. The van der Waals surface area contributed by atoms with Gasteiger partial charge in [-0.2, -0.15) is 0 Å². The second kappa shape index (κ2) is 10.5. The fraction of sp³-hybridized carbons (Fsp3) is 0.278. The summed E-state index contributed by atoms with van der Waals surface area (Å²) in [6.45, 7) is 4.32. The van der Waals surface area contributed by atoms with Gasteiger partial charge in [-0.15, -0.1) is 0 Å². The Labute approximate surface area is 169 Å². The van der Waals surface area contributed by atoms with Crippen molar-refractivity contribution in [1.29, 1.82) is 0 Å². The summed E-state index contributed by atoms with van der Waals surface area (Å²) in [7, 11) is 0. The molecule has 0 aliphatic heterocycles. The van der Waals surface area contributed by atoms with Gasteiger partial charge in [0.2, 0.25) is 0 Å². The number of carbonyl (C=O) groups is 1. The molecule has 0 fully saturated rings. The number of nitro groups is 3. The molecule has 0 amide bonds. The Morgan fingerprint density at radius 1 is 0.867 bits per heavy atom. The van der Waals surface area contributed by atoms with Gasteiger partial charge >= 0.3 is 0 Å². The molecule has 0 aliphatic carbocycles. The second-order valence-corrected chi connectivity index (χ2v) is 6.55. The van der Waals surface area contributed by atoms with Crippen molar-refractivity contribution in [2.24, 2.45) is 5.92 Å². The number of nitro benzene ring substituents is 3. The number of aliphatic carboxylic acids is 1. The molecule has 12 heteroatoms. The molecule has 0 aromatic heterocycles. The monoisotopic (exact) mass is 419 g/mol. The molecule has 0 saturated heterocycles. The van der Waals surface area contributed by atoms with Gasteiger partial charge in [0.15, 0.2) is 0 Å². The van der Waals surface area contributed by atoms with E-state index in [1.54, 1.807) is 0 Å². The Hall–Kier alpha value is -4.09. The maximum Gasteiger partial charge on any atom is 0.283 e. The predicted molar refractivity (Wildman–Crippen MR) is 99.5 cm³/mol. The Kier molecular flexibility index (Phi) is 8.34. The SMILES string of the molecule is CC(C)Cc1ccc(CC(=O)[O-])cc1.O=[N+]([O-])c1cc([N+](=O)[O-])c([O-])c([N+](=O)[O-])c1. The third-order valence-electron chi connectivity index (χ3n) is 3.65. The van der Waals surface area contributed by atoms with Crippen LogP contribution >= 0.6 is 0 Å². The number of hydrogen-bond acceptors (Lipinski definition) is 9. The third-order valence-corrected chi connectivity index (χ3v) is 3.65. The lowest BCUT2D eigenvalue weighted by molar-refractivity contribution is -0.420. The molecule has 0 unspecified atom stereocenters. The van der Waals surface area contributed by atoms with Crippen LogP contribution in [0.5, 0.6) is 5.75 Å². The quantitative estimate of drug-likeness (QED) is 0.474. The van der Waals surface area contributed by atoms with E-state index in [-0.39, 0.29) is 6.42 Å². The van der Waals surface area contributed by atoms with Gasteiger partial charge in [-0.05, 0) is 23.5 Å². The van der Waals surface area contributed by atoms with E-state index in [1.165, 1.54) is 5.56 Å². The van der Waals surface area contributed by atoms with Crippen molar-refractivity contribution in [3.63, 3.8) is 0 Å². The first-order valence-corrected chi connectivity index (χ1v) is 8.48. The molecule has 0 bridgehead atoms. The van der Waals surface area contributed by atoms with Crippen molar-refractivity contribution in [2.45, 2.75) is 26.7 Å². The van der Waals surface area contributed by atoms with E-state index in [4.69, 9.17) is 0 Å². The first-order valence-electron chi connectivity index (χ1n) is 8.48. The first-order chi connectivity index (χ1) is 13.9. The van der Waals surface area contributed by atoms with E-state index in [9.17, 15) is 45.4 Å². The zero-order valence-electron chi connectivity index (χ0n) is 16.0. The van der Waals surface area contributed by atoms with Crippen LogP contribution in [0.4, 0.5) is 17.1 Å². The van der Waals surface area contributed by atoms with Crippen LogP contribution in [-0.4, -0.2) is 20.7 Å². The molecule has 0 heterocycles. The van der Waals surface area contributed by atoms with Crippen molar-refractivity contribution in [3.8, 4) is 5.75 Å².